The number of benzene rings is 1. The van der Waals surface area contributed by atoms with Crippen molar-refractivity contribution in [1.82, 2.24) is 0 Å². The van der Waals surface area contributed by atoms with Crippen LogP contribution in [0.1, 0.15) is 38.4 Å². The van der Waals surface area contributed by atoms with Crippen molar-refractivity contribution in [1.29, 1.82) is 0 Å². The van der Waals surface area contributed by atoms with Gasteiger partial charge in [-0.3, -0.25) is 4.79 Å². The number of ether oxygens (including phenoxy) is 7. The zero-order valence-corrected chi connectivity index (χ0v) is 17.8. The van der Waals surface area contributed by atoms with Gasteiger partial charge in [-0.2, -0.15) is 0 Å². The van der Waals surface area contributed by atoms with Gasteiger partial charge in [0.25, 0.3) is 0 Å². The van der Waals surface area contributed by atoms with Gasteiger partial charge in [-0.1, -0.05) is 30.3 Å². The van der Waals surface area contributed by atoms with Crippen molar-refractivity contribution >= 4 is 5.97 Å². The number of rotatable bonds is 12. The van der Waals surface area contributed by atoms with E-state index < -0.39 is 24.1 Å². The predicted molar refractivity (Wildman–Crippen MR) is 104 cm³/mol. The summed E-state index contributed by atoms with van der Waals surface area (Å²) in [5.41, 5.74) is 0.947. The molecule has 8 heteroatoms. The fourth-order valence-electron chi connectivity index (χ4n) is 3.37. The van der Waals surface area contributed by atoms with Crippen LogP contribution in [0, 0.1) is 0 Å². The van der Waals surface area contributed by atoms with E-state index in [0.717, 1.165) is 5.56 Å². The summed E-state index contributed by atoms with van der Waals surface area (Å²) in [7, 11) is 4.45. The minimum absolute atomic E-state index is 0.0611. The number of esters is 1. The molecule has 1 aromatic rings. The van der Waals surface area contributed by atoms with E-state index in [-0.39, 0.29) is 32.1 Å². The molecule has 0 saturated carbocycles. The number of hydrogen-bond acceptors (Lipinski definition) is 8. The highest BCUT2D eigenvalue weighted by Crippen LogP contribution is 2.39. The highest BCUT2D eigenvalue weighted by atomic mass is 16.8. The number of hydrogen-bond donors (Lipinski definition) is 0. The van der Waals surface area contributed by atoms with Crippen LogP contribution in [0.5, 0.6) is 0 Å². The van der Waals surface area contributed by atoms with Crippen molar-refractivity contribution in [3.05, 3.63) is 35.9 Å². The van der Waals surface area contributed by atoms with Crippen LogP contribution in [-0.4, -0.2) is 65.0 Å². The van der Waals surface area contributed by atoms with Gasteiger partial charge in [0.1, 0.15) is 25.8 Å². The maximum absolute atomic E-state index is 11.8. The van der Waals surface area contributed by atoms with Crippen molar-refractivity contribution in [2.75, 3.05) is 34.9 Å². The molecule has 1 aromatic carbocycles. The second-order valence-electron chi connectivity index (χ2n) is 7.25. The molecular formula is C21H32O8. The van der Waals surface area contributed by atoms with Gasteiger partial charge >= 0.3 is 5.97 Å². The van der Waals surface area contributed by atoms with Gasteiger partial charge in [0.2, 0.25) is 0 Å². The molecule has 4 atom stereocenters. The molecule has 164 valence electrons. The molecule has 1 heterocycles. The summed E-state index contributed by atoms with van der Waals surface area (Å²) >= 11 is 0. The molecule has 0 unspecified atom stereocenters. The Bertz CT molecular complexity index is 606. The molecule has 1 aliphatic heterocycles. The highest BCUT2D eigenvalue weighted by molar-refractivity contribution is 5.69. The van der Waals surface area contributed by atoms with Crippen LogP contribution in [0.4, 0.5) is 0 Å². The smallest absolute Gasteiger partial charge is 0.308 e. The molecule has 2 rings (SSSR count). The summed E-state index contributed by atoms with van der Waals surface area (Å²) in [6, 6.07) is 9.76. The fourth-order valence-corrected chi connectivity index (χ4v) is 3.37. The Kier molecular flexibility index (Phi) is 9.48. The van der Waals surface area contributed by atoms with Crippen LogP contribution in [0.2, 0.25) is 0 Å². The zero-order valence-electron chi connectivity index (χ0n) is 17.8. The standard InChI is InChI=1S/C21H32O8/c1-21(2)28-17(11-16(26-13-23-3)12-18(22)25-5)20(29-21)19(27-14-24-4)15-9-7-6-8-10-15/h6-10,16-17,19-20H,11-14H2,1-5H3/t16-,17+,19+,20-/m0/s1. The van der Waals surface area contributed by atoms with Gasteiger partial charge in [0, 0.05) is 20.6 Å². The lowest BCUT2D eigenvalue weighted by molar-refractivity contribution is -0.171. The fraction of sp³-hybridized carbons (Fsp3) is 0.667. The van der Waals surface area contributed by atoms with E-state index in [4.69, 9.17) is 33.2 Å². The largest absolute Gasteiger partial charge is 0.469 e. The van der Waals surface area contributed by atoms with E-state index >= 15 is 0 Å². The topological polar surface area (TPSA) is 81.7 Å². The lowest BCUT2D eigenvalue weighted by Crippen LogP contribution is -2.35. The van der Waals surface area contributed by atoms with Crippen molar-refractivity contribution in [2.45, 2.75) is 56.9 Å². The van der Waals surface area contributed by atoms with E-state index in [9.17, 15) is 4.79 Å². The van der Waals surface area contributed by atoms with E-state index in [0.29, 0.717) is 6.42 Å². The second kappa shape index (κ2) is 11.6. The molecule has 1 fully saturated rings. The van der Waals surface area contributed by atoms with E-state index in [1.807, 2.05) is 44.2 Å². The van der Waals surface area contributed by atoms with Gasteiger partial charge in [-0.05, 0) is 19.4 Å². The summed E-state index contributed by atoms with van der Waals surface area (Å²) in [5.74, 6) is -1.17. The lowest BCUT2D eigenvalue weighted by Gasteiger charge is -2.28. The summed E-state index contributed by atoms with van der Waals surface area (Å²) < 4.78 is 38.9. The summed E-state index contributed by atoms with van der Waals surface area (Å²) in [6.45, 7) is 3.87. The van der Waals surface area contributed by atoms with Gasteiger partial charge in [0.05, 0.1) is 25.7 Å². The lowest BCUT2D eigenvalue weighted by atomic mass is 9.96. The van der Waals surface area contributed by atoms with Gasteiger partial charge < -0.3 is 33.2 Å². The molecule has 0 amide bonds. The summed E-state index contributed by atoms with van der Waals surface area (Å²) in [4.78, 5) is 11.8. The Labute approximate surface area is 172 Å². The second-order valence-corrected chi connectivity index (χ2v) is 7.25. The predicted octanol–water partition coefficient (Wildman–Crippen LogP) is 2.81. The van der Waals surface area contributed by atoms with Crippen molar-refractivity contribution in [3.8, 4) is 0 Å². The third-order valence-electron chi connectivity index (χ3n) is 4.55. The van der Waals surface area contributed by atoms with E-state index in [2.05, 4.69) is 0 Å². The third-order valence-corrected chi connectivity index (χ3v) is 4.55. The molecule has 0 bridgehead atoms. The van der Waals surface area contributed by atoms with Crippen LogP contribution in [-0.2, 0) is 38.0 Å². The maximum atomic E-state index is 11.8. The first-order valence-corrected chi connectivity index (χ1v) is 9.58. The third kappa shape index (κ3) is 7.33. The van der Waals surface area contributed by atoms with Gasteiger partial charge in [-0.25, -0.2) is 0 Å². The number of carbonyl (C=O) groups excluding carboxylic acids is 1. The van der Waals surface area contributed by atoms with Gasteiger partial charge in [0.15, 0.2) is 5.79 Å². The Hall–Kier alpha value is -1.55. The molecular weight excluding hydrogens is 380 g/mol. The zero-order chi connectivity index (χ0) is 21.3. The average molecular weight is 412 g/mol. The Morgan fingerprint density at radius 1 is 1.03 bits per heavy atom. The summed E-state index contributed by atoms with van der Waals surface area (Å²) in [6.07, 6.45) is -1.17. The molecule has 1 aliphatic rings. The van der Waals surface area contributed by atoms with Crippen LogP contribution < -0.4 is 0 Å². The minimum atomic E-state index is -0.810. The number of methoxy groups -OCH3 is 3. The molecule has 0 radical (unpaired) electrons. The Balaban J connectivity index is 2.22. The van der Waals surface area contributed by atoms with Crippen molar-refractivity contribution in [2.24, 2.45) is 0 Å². The highest BCUT2D eigenvalue weighted by Gasteiger charge is 2.47. The van der Waals surface area contributed by atoms with Crippen LogP contribution >= 0.6 is 0 Å². The monoisotopic (exact) mass is 412 g/mol. The van der Waals surface area contributed by atoms with Crippen LogP contribution in [0.25, 0.3) is 0 Å². The Morgan fingerprint density at radius 3 is 2.31 bits per heavy atom. The molecule has 29 heavy (non-hydrogen) atoms. The average Bonchev–Trinajstić information content (AvgIpc) is 3.01. The molecule has 0 spiro atoms. The molecule has 0 N–H and O–H groups in total. The minimum Gasteiger partial charge on any atom is -0.469 e. The molecule has 1 saturated heterocycles. The normalized spacial score (nSPS) is 22.9. The van der Waals surface area contributed by atoms with Crippen LogP contribution in [0.3, 0.4) is 0 Å². The van der Waals surface area contributed by atoms with E-state index in [1.54, 1.807) is 7.11 Å². The first-order valence-electron chi connectivity index (χ1n) is 9.58. The maximum Gasteiger partial charge on any atom is 0.308 e. The molecule has 0 aromatic heterocycles. The first kappa shape index (κ1) is 23.7. The van der Waals surface area contributed by atoms with E-state index in [1.165, 1.54) is 14.2 Å². The summed E-state index contributed by atoms with van der Waals surface area (Å²) in [5, 5.41) is 0. The Morgan fingerprint density at radius 2 is 1.69 bits per heavy atom. The SMILES string of the molecule is COCO[C@H](CC(=O)OC)C[C@H]1OC(C)(C)O[C@@H]1[C@H](OCOC)c1ccccc1. The van der Waals surface area contributed by atoms with Crippen molar-refractivity contribution < 1.29 is 38.0 Å². The molecule has 8 nitrogen and oxygen atoms in total. The molecule has 0 aliphatic carbocycles. The van der Waals surface area contributed by atoms with Crippen LogP contribution in [0.15, 0.2) is 30.3 Å². The van der Waals surface area contributed by atoms with Crippen molar-refractivity contribution in [3.63, 3.8) is 0 Å². The quantitative estimate of drug-likeness (QED) is 0.383. The van der Waals surface area contributed by atoms with Gasteiger partial charge in [-0.15, -0.1) is 0 Å². The first-order chi connectivity index (χ1) is 13.9. The number of carbonyl (C=O) groups is 1.